The number of nitrogens with one attached hydrogen (secondary N) is 1. The van der Waals surface area contributed by atoms with Crippen LogP contribution in [0.25, 0.3) is 0 Å². The number of aryl methyl sites for hydroxylation is 2. The molecule has 0 radical (unpaired) electrons. The summed E-state index contributed by atoms with van der Waals surface area (Å²) >= 11 is 15.5. The molecular formula is C16H14BrCl2N5O. The molecule has 0 atom stereocenters. The van der Waals surface area contributed by atoms with E-state index in [1.165, 1.54) is 4.68 Å². The smallest absolute Gasteiger partial charge is 0.276 e. The van der Waals surface area contributed by atoms with Crippen LogP contribution in [-0.4, -0.2) is 25.5 Å². The Morgan fingerprint density at radius 3 is 2.52 bits per heavy atom. The quantitative estimate of drug-likeness (QED) is 0.655. The van der Waals surface area contributed by atoms with Crippen molar-refractivity contribution >= 4 is 50.9 Å². The molecule has 1 N–H and O–H groups in total. The zero-order chi connectivity index (χ0) is 18.1. The van der Waals surface area contributed by atoms with Crippen molar-refractivity contribution in [1.29, 1.82) is 0 Å². The number of carbonyl (C=O) groups excluding carboxylic acids is 1. The predicted molar refractivity (Wildman–Crippen MR) is 101 cm³/mol. The van der Waals surface area contributed by atoms with E-state index >= 15 is 0 Å². The van der Waals surface area contributed by atoms with Gasteiger partial charge in [-0.3, -0.25) is 14.2 Å². The molecule has 0 saturated carbocycles. The molecule has 0 fully saturated rings. The van der Waals surface area contributed by atoms with Crippen LogP contribution in [0.3, 0.4) is 0 Å². The van der Waals surface area contributed by atoms with Gasteiger partial charge < -0.3 is 5.32 Å². The fourth-order valence-corrected chi connectivity index (χ4v) is 3.22. The molecule has 2 heterocycles. The number of rotatable bonds is 4. The first-order valence-electron chi connectivity index (χ1n) is 7.33. The molecule has 6 nitrogen and oxygen atoms in total. The van der Waals surface area contributed by atoms with E-state index in [1.807, 2.05) is 31.2 Å². The maximum absolute atomic E-state index is 12.5. The van der Waals surface area contributed by atoms with Crippen molar-refractivity contribution in [1.82, 2.24) is 19.6 Å². The molecule has 25 heavy (non-hydrogen) atoms. The van der Waals surface area contributed by atoms with E-state index in [1.54, 1.807) is 17.9 Å². The summed E-state index contributed by atoms with van der Waals surface area (Å²) in [5.74, 6) is -0.0417. The van der Waals surface area contributed by atoms with Gasteiger partial charge in [0, 0.05) is 18.3 Å². The molecule has 0 aliphatic rings. The van der Waals surface area contributed by atoms with Crippen molar-refractivity contribution in [3.63, 3.8) is 0 Å². The fourth-order valence-electron chi connectivity index (χ4n) is 2.39. The van der Waals surface area contributed by atoms with Gasteiger partial charge in [-0.1, -0.05) is 35.3 Å². The van der Waals surface area contributed by atoms with Gasteiger partial charge >= 0.3 is 0 Å². The van der Waals surface area contributed by atoms with E-state index in [0.29, 0.717) is 32.6 Å². The van der Waals surface area contributed by atoms with Crippen molar-refractivity contribution in [3.05, 3.63) is 61.9 Å². The molecule has 2 aromatic heterocycles. The maximum atomic E-state index is 12.5. The molecule has 1 amide bonds. The lowest BCUT2D eigenvalue weighted by molar-refractivity contribution is 0.101. The molecule has 0 saturated heterocycles. The largest absolute Gasteiger partial charge is 0.302 e. The summed E-state index contributed by atoms with van der Waals surface area (Å²) in [5.41, 5.74) is 2.15. The highest BCUT2D eigenvalue weighted by Crippen LogP contribution is 2.24. The van der Waals surface area contributed by atoms with Gasteiger partial charge in [-0.15, -0.1) is 0 Å². The molecule has 0 aliphatic carbocycles. The third-order valence-electron chi connectivity index (χ3n) is 3.57. The number of hydrogen-bond donors (Lipinski definition) is 1. The van der Waals surface area contributed by atoms with Crippen LogP contribution in [0.15, 0.2) is 34.9 Å². The van der Waals surface area contributed by atoms with Gasteiger partial charge in [0.25, 0.3) is 5.91 Å². The molecule has 0 aliphatic heterocycles. The van der Waals surface area contributed by atoms with Crippen LogP contribution in [0.5, 0.6) is 0 Å². The highest BCUT2D eigenvalue weighted by molar-refractivity contribution is 9.10. The van der Waals surface area contributed by atoms with Crippen LogP contribution >= 0.6 is 39.1 Å². The number of carbonyl (C=O) groups is 1. The summed E-state index contributed by atoms with van der Waals surface area (Å²) in [6.07, 6.45) is 1.66. The topological polar surface area (TPSA) is 64.7 Å². The molecule has 0 unspecified atom stereocenters. The van der Waals surface area contributed by atoms with Gasteiger partial charge in [0.05, 0.1) is 16.7 Å². The Morgan fingerprint density at radius 1 is 1.24 bits per heavy atom. The fraction of sp³-hybridized carbons (Fsp3) is 0.188. The van der Waals surface area contributed by atoms with Crippen molar-refractivity contribution < 1.29 is 4.79 Å². The molecule has 0 bridgehead atoms. The second kappa shape index (κ2) is 7.19. The van der Waals surface area contributed by atoms with Crippen LogP contribution in [0.1, 0.15) is 21.7 Å². The molecule has 0 spiro atoms. The number of aromatic nitrogens is 4. The van der Waals surface area contributed by atoms with Crippen molar-refractivity contribution in [3.8, 4) is 0 Å². The number of halogens is 3. The van der Waals surface area contributed by atoms with Gasteiger partial charge in [0.2, 0.25) is 0 Å². The van der Waals surface area contributed by atoms with Crippen molar-refractivity contribution in [2.24, 2.45) is 7.05 Å². The van der Waals surface area contributed by atoms with Gasteiger partial charge in [-0.2, -0.15) is 10.2 Å². The van der Waals surface area contributed by atoms with Gasteiger partial charge in [-0.25, -0.2) is 0 Å². The average Bonchev–Trinajstić information content (AvgIpc) is 3.01. The minimum atomic E-state index is -0.339. The monoisotopic (exact) mass is 441 g/mol. The number of benzene rings is 1. The number of hydrogen-bond acceptors (Lipinski definition) is 3. The van der Waals surface area contributed by atoms with E-state index in [0.717, 1.165) is 11.3 Å². The Balaban J connectivity index is 1.78. The first kappa shape index (κ1) is 18.0. The lowest BCUT2D eigenvalue weighted by Crippen LogP contribution is -2.17. The first-order valence-corrected chi connectivity index (χ1v) is 8.88. The Morgan fingerprint density at radius 2 is 1.92 bits per heavy atom. The molecule has 3 aromatic rings. The molecular weight excluding hydrogens is 429 g/mol. The Labute approximate surface area is 162 Å². The molecule has 3 rings (SSSR count). The van der Waals surface area contributed by atoms with Gasteiger partial charge in [0.15, 0.2) is 5.82 Å². The van der Waals surface area contributed by atoms with Crippen molar-refractivity contribution in [2.45, 2.75) is 13.5 Å². The molecule has 1 aromatic carbocycles. The van der Waals surface area contributed by atoms with Crippen LogP contribution < -0.4 is 5.32 Å². The summed E-state index contributed by atoms with van der Waals surface area (Å²) < 4.78 is 3.81. The van der Waals surface area contributed by atoms with Crippen LogP contribution in [-0.2, 0) is 13.6 Å². The standard InChI is InChI=1S/C16H14BrCl2N5O/c1-9-13(17)14(23(2)21-9)16(25)20-15-12(19)8-24(22-15)7-10-3-5-11(18)6-4-10/h3-6,8H,7H2,1-2H3,(H,20,22,25). The summed E-state index contributed by atoms with van der Waals surface area (Å²) in [5, 5.41) is 12.3. The Kier molecular flexibility index (Phi) is 5.17. The van der Waals surface area contributed by atoms with E-state index < -0.39 is 0 Å². The third kappa shape index (κ3) is 3.89. The zero-order valence-electron chi connectivity index (χ0n) is 13.4. The number of nitrogens with zero attached hydrogens (tertiary/aromatic N) is 4. The lowest BCUT2D eigenvalue weighted by atomic mass is 10.2. The predicted octanol–water partition coefficient (Wildman–Crippen LogP) is 4.29. The summed E-state index contributed by atoms with van der Waals surface area (Å²) in [7, 11) is 1.70. The lowest BCUT2D eigenvalue weighted by Gasteiger charge is -2.04. The Hall–Kier alpha value is -1.83. The summed E-state index contributed by atoms with van der Waals surface area (Å²) in [6.45, 7) is 2.33. The van der Waals surface area contributed by atoms with Crippen LogP contribution in [0.4, 0.5) is 5.82 Å². The van der Waals surface area contributed by atoms with E-state index in [-0.39, 0.29) is 5.91 Å². The molecule has 9 heteroatoms. The second-order valence-corrected chi connectivity index (χ2v) is 7.11. The van der Waals surface area contributed by atoms with E-state index in [9.17, 15) is 4.79 Å². The average molecular weight is 443 g/mol. The number of anilines is 1. The van der Waals surface area contributed by atoms with Gasteiger partial charge in [0.1, 0.15) is 10.7 Å². The Bertz CT molecular complexity index is 933. The normalized spacial score (nSPS) is 10.9. The highest BCUT2D eigenvalue weighted by Gasteiger charge is 2.20. The maximum Gasteiger partial charge on any atom is 0.276 e. The summed E-state index contributed by atoms with van der Waals surface area (Å²) in [4.78, 5) is 12.5. The first-order chi connectivity index (χ1) is 11.8. The van der Waals surface area contributed by atoms with Crippen LogP contribution in [0, 0.1) is 6.92 Å². The minimum absolute atomic E-state index is 0.298. The van der Waals surface area contributed by atoms with E-state index in [4.69, 9.17) is 23.2 Å². The third-order valence-corrected chi connectivity index (χ3v) is 5.05. The zero-order valence-corrected chi connectivity index (χ0v) is 16.5. The second-order valence-electron chi connectivity index (χ2n) is 5.48. The van der Waals surface area contributed by atoms with Gasteiger partial charge in [-0.05, 0) is 40.5 Å². The van der Waals surface area contributed by atoms with E-state index in [2.05, 4.69) is 31.4 Å². The number of amides is 1. The summed E-state index contributed by atoms with van der Waals surface area (Å²) in [6, 6.07) is 7.44. The SMILES string of the molecule is Cc1nn(C)c(C(=O)Nc2nn(Cc3ccc(Cl)cc3)cc2Cl)c1Br. The molecule has 130 valence electrons. The van der Waals surface area contributed by atoms with Crippen molar-refractivity contribution in [2.75, 3.05) is 5.32 Å². The van der Waals surface area contributed by atoms with Crippen LogP contribution in [0.2, 0.25) is 10.0 Å². The highest BCUT2D eigenvalue weighted by atomic mass is 79.9. The minimum Gasteiger partial charge on any atom is -0.302 e.